The number of rotatable bonds is 3. The minimum atomic E-state index is 0.465. The Morgan fingerprint density at radius 2 is 1.88 bits per heavy atom. The molecule has 0 spiro atoms. The molecule has 0 bridgehead atoms. The molecule has 0 radical (unpaired) electrons. The molecule has 6 heteroatoms. The van der Waals surface area contributed by atoms with Gasteiger partial charge in [0, 0.05) is 25.5 Å². The van der Waals surface area contributed by atoms with Crippen LogP contribution < -0.4 is 16.0 Å². The van der Waals surface area contributed by atoms with E-state index in [9.17, 15) is 0 Å². The van der Waals surface area contributed by atoms with Gasteiger partial charge in [0.05, 0.1) is 0 Å². The number of nitrogens with zero attached hydrogens (tertiary/aromatic N) is 3. The van der Waals surface area contributed by atoms with Gasteiger partial charge in [-0.2, -0.15) is 0 Å². The number of aromatic nitrogens is 2. The summed E-state index contributed by atoms with van der Waals surface area (Å²) in [4.78, 5) is 2.05. The van der Waals surface area contributed by atoms with Gasteiger partial charge in [0.25, 0.3) is 0 Å². The maximum Gasteiger partial charge on any atom is 0.211 e. The maximum absolute atomic E-state index is 5.49. The highest BCUT2D eigenvalue weighted by Gasteiger charge is 2.01. The molecule has 0 amide bonds. The summed E-state index contributed by atoms with van der Waals surface area (Å²) >= 11 is 1.33. The lowest BCUT2D eigenvalue weighted by molar-refractivity contribution is 1.10. The van der Waals surface area contributed by atoms with Gasteiger partial charge in [0.15, 0.2) is 0 Å². The van der Waals surface area contributed by atoms with Gasteiger partial charge in [-0.1, -0.05) is 11.3 Å². The van der Waals surface area contributed by atoms with E-state index >= 15 is 0 Å². The standard InChI is InChI=1S/C10H13N5S/c1-15(2)8-5-3-7(4-6-8)12-10-14-13-9(11)16-10/h3-6H,1-2H3,(H2,11,13)(H,12,14). The lowest BCUT2D eigenvalue weighted by Crippen LogP contribution is -2.08. The van der Waals surface area contributed by atoms with Gasteiger partial charge >= 0.3 is 0 Å². The second-order valence-corrected chi connectivity index (χ2v) is 4.52. The van der Waals surface area contributed by atoms with Gasteiger partial charge in [0.2, 0.25) is 10.3 Å². The second kappa shape index (κ2) is 4.36. The Kier molecular flexibility index (Phi) is 2.91. The molecule has 0 aliphatic carbocycles. The first-order valence-electron chi connectivity index (χ1n) is 4.78. The number of hydrogen-bond donors (Lipinski definition) is 2. The summed E-state index contributed by atoms with van der Waals surface area (Å²) in [6.45, 7) is 0. The van der Waals surface area contributed by atoms with Gasteiger partial charge in [-0.15, -0.1) is 10.2 Å². The van der Waals surface area contributed by atoms with Gasteiger partial charge in [-0.25, -0.2) is 0 Å². The van der Waals surface area contributed by atoms with Gasteiger partial charge in [-0.05, 0) is 24.3 Å². The minimum absolute atomic E-state index is 0.465. The van der Waals surface area contributed by atoms with Crippen LogP contribution in [0.5, 0.6) is 0 Å². The number of anilines is 4. The van der Waals surface area contributed by atoms with Crippen LogP contribution in [0.1, 0.15) is 0 Å². The molecule has 0 atom stereocenters. The zero-order valence-electron chi connectivity index (χ0n) is 9.14. The van der Waals surface area contributed by atoms with Crippen molar-refractivity contribution in [3.05, 3.63) is 24.3 Å². The average Bonchev–Trinajstić information content (AvgIpc) is 2.65. The van der Waals surface area contributed by atoms with Crippen molar-refractivity contribution in [3.8, 4) is 0 Å². The van der Waals surface area contributed by atoms with Crippen molar-refractivity contribution < 1.29 is 0 Å². The van der Waals surface area contributed by atoms with Crippen molar-refractivity contribution >= 4 is 33.0 Å². The summed E-state index contributed by atoms with van der Waals surface area (Å²) in [5.41, 5.74) is 7.62. The summed E-state index contributed by atoms with van der Waals surface area (Å²) in [6, 6.07) is 8.05. The van der Waals surface area contributed by atoms with E-state index in [0.717, 1.165) is 11.4 Å². The van der Waals surface area contributed by atoms with E-state index in [4.69, 9.17) is 5.73 Å². The molecule has 84 valence electrons. The first kappa shape index (κ1) is 10.7. The minimum Gasteiger partial charge on any atom is -0.378 e. The van der Waals surface area contributed by atoms with Crippen LogP contribution in [0.4, 0.5) is 21.6 Å². The van der Waals surface area contributed by atoms with Crippen molar-refractivity contribution in [2.75, 3.05) is 30.0 Å². The topological polar surface area (TPSA) is 67.1 Å². The maximum atomic E-state index is 5.49. The van der Waals surface area contributed by atoms with E-state index < -0.39 is 0 Å². The third-order valence-corrected chi connectivity index (χ3v) is 2.74. The number of nitrogen functional groups attached to an aromatic ring is 1. The molecule has 1 aromatic carbocycles. The largest absolute Gasteiger partial charge is 0.378 e. The van der Waals surface area contributed by atoms with E-state index in [0.29, 0.717) is 10.3 Å². The second-order valence-electron chi connectivity index (χ2n) is 3.51. The van der Waals surface area contributed by atoms with Crippen LogP contribution >= 0.6 is 11.3 Å². The summed E-state index contributed by atoms with van der Waals surface area (Å²) in [6.07, 6.45) is 0. The lowest BCUT2D eigenvalue weighted by atomic mass is 10.3. The molecule has 1 aromatic heterocycles. The zero-order valence-corrected chi connectivity index (χ0v) is 9.95. The molecule has 0 unspecified atom stereocenters. The van der Waals surface area contributed by atoms with Gasteiger partial charge in [-0.3, -0.25) is 0 Å². The molecular formula is C10H13N5S. The molecule has 2 aromatic rings. The first-order valence-corrected chi connectivity index (χ1v) is 5.60. The zero-order chi connectivity index (χ0) is 11.5. The van der Waals surface area contributed by atoms with Crippen molar-refractivity contribution in [2.45, 2.75) is 0 Å². The molecule has 0 fully saturated rings. The van der Waals surface area contributed by atoms with Crippen LogP contribution in [-0.2, 0) is 0 Å². The summed E-state index contributed by atoms with van der Waals surface area (Å²) in [7, 11) is 4.02. The van der Waals surface area contributed by atoms with Crippen LogP contribution in [0, 0.1) is 0 Å². The molecule has 3 N–H and O–H groups in total. The smallest absolute Gasteiger partial charge is 0.211 e. The summed E-state index contributed by atoms with van der Waals surface area (Å²) in [5, 5.41) is 11.9. The summed E-state index contributed by atoms with van der Waals surface area (Å²) in [5.74, 6) is 0. The highest BCUT2D eigenvalue weighted by Crippen LogP contribution is 2.23. The van der Waals surface area contributed by atoms with Crippen molar-refractivity contribution in [2.24, 2.45) is 0 Å². The van der Waals surface area contributed by atoms with Crippen LogP contribution in [0.15, 0.2) is 24.3 Å². The molecule has 5 nitrogen and oxygen atoms in total. The fourth-order valence-corrected chi connectivity index (χ4v) is 1.78. The molecule has 0 aliphatic rings. The Morgan fingerprint density at radius 3 is 2.38 bits per heavy atom. The Morgan fingerprint density at radius 1 is 1.19 bits per heavy atom. The number of nitrogens with one attached hydrogen (secondary N) is 1. The number of benzene rings is 1. The fraction of sp³-hybridized carbons (Fsp3) is 0.200. The molecule has 16 heavy (non-hydrogen) atoms. The van der Waals surface area contributed by atoms with Gasteiger partial charge in [0.1, 0.15) is 0 Å². The Labute approximate surface area is 97.9 Å². The molecule has 0 aliphatic heterocycles. The van der Waals surface area contributed by atoms with Crippen LogP contribution in [0.2, 0.25) is 0 Å². The van der Waals surface area contributed by atoms with Gasteiger partial charge < -0.3 is 16.0 Å². The van der Waals surface area contributed by atoms with E-state index in [1.54, 1.807) is 0 Å². The van der Waals surface area contributed by atoms with E-state index in [2.05, 4.69) is 15.5 Å². The van der Waals surface area contributed by atoms with Crippen molar-refractivity contribution in [3.63, 3.8) is 0 Å². The van der Waals surface area contributed by atoms with Crippen LogP contribution in [0.25, 0.3) is 0 Å². The van der Waals surface area contributed by atoms with Crippen molar-refractivity contribution in [1.82, 2.24) is 10.2 Å². The Hall–Kier alpha value is -1.82. The van der Waals surface area contributed by atoms with Crippen LogP contribution in [-0.4, -0.2) is 24.3 Å². The number of nitrogens with two attached hydrogens (primary N) is 1. The average molecular weight is 235 g/mol. The van der Waals surface area contributed by atoms with E-state index in [1.165, 1.54) is 11.3 Å². The van der Waals surface area contributed by atoms with Crippen molar-refractivity contribution in [1.29, 1.82) is 0 Å². The quantitative estimate of drug-likeness (QED) is 0.851. The van der Waals surface area contributed by atoms with E-state index in [-0.39, 0.29) is 0 Å². The molecular weight excluding hydrogens is 222 g/mol. The SMILES string of the molecule is CN(C)c1ccc(Nc2nnc(N)s2)cc1. The van der Waals surface area contributed by atoms with E-state index in [1.807, 2.05) is 43.3 Å². The molecule has 0 saturated carbocycles. The predicted octanol–water partition coefficient (Wildman–Crippen LogP) is 1.93. The third-order valence-electron chi connectivity index (χ3n) is 2.08. The highest BCUT2D eigenvalue weighted by molar-refractivity contribution is 7.18. The first-order chi connectivity index (χ1) is 7.65. The Balaban J connectivity index is 2.11. The lowest BCUT2D eigenvalue weighted by Gasteiger charge is -2.12. The van der Waals surface area contributed by atoms with Crippen LogP contribution in [0.3, 0.4) is 0 Å². The highest BCUT2D eigenvalue weighted by atomic mass is 32.1. The normalized spacial score (nSPS) is 10.1. The molecule has 2 rings (SSSR count). The monoisotopic (exact) mass is 235 g/mol. The third kappa shape index (κ3) is 2.40. The number of hydrogen-bond acceptors (Lipinski definition) is 6. The predicted molar refractivity (Wildman–Crippen MR) is 68.4 cm³/mol. The molecule has 0 saturated heterocycles. The Bertz CT molecular complexity index is 462. The summed E-state index contributed by atoms with van der Waals surface area (Å²) < 4.78 is 0. The molecule has 1 heterocycles. The fourth-order valence-electron chi connectivity index (χ4n) is 1.25.